The Bertz CT molecular complexity index is 686. The zero-order valence-corrected chi connectivity index (χ0v) is 11.8. The summed E-state index contributed by atoms with van der Waals surface area (Å²) in [4.78, 5) is 6.50. The Labute approximate surface area is 119 Å². The zero-order valence-electron chi connectivity index (χ0n) is 11.8. The van der Waals surface area contributed by atoms with Crippen LogP contribution in [0.3, 0.4) is 0 Å². The Kier molecular flexibility index (Phi) is 3.33. The molecule has 1 aliphatic heterocycles. The molecule has 100 valence electrons. The minimum atomic E-state index is 0.917. The van der Waals surface area contributed by atoms with Gasteiger partial charge in [0.1, 0.15) is 7.05 Å². The average molecular weight is 264 g/mol. The molecule has 2 heterocycles. The third-order valence-corrected chi connectivity index (χ3v) is 3.66. The van der Waals surface area contributed by atoms with E-state index in [0.717, 1.165) is 12.2 Å². The van der Waals surface area contributed by atoms with Gasteiger partial charge in [0.2, 0.25) is 5.69 Å². The summed E-state index contributed by atoms with van der Waals surface area (Å²) in [7, 11) is 2.05. The molecular weight excluding hydrogens is 246 g/mol. The summed E-state index contributed by atoms with van der Waals surface area (Å²) in [6.45, 7) is 3.09. The molecule has 0 aliphatic carbocycles. The number of aromatic nitrogens is 2. The average Bonchev–Trinajstić information content (AvgIpc) is 2.49. The van der Waals surface area contributed by atoms with Crippen LogP contribution in [0.5, 0.6) is 0 Å². The van der Waals surface area contributed by atoms with E-state index in [2.05, 4.69) is 64.0 Å². The molecule has 1 aliphatic rings. The van der Waals surface area contributed by atoms with Crippen LogP contribution in [0, 0.1) is 6.92 Å². The van der Waals surface area contributed by atoms with Crippen molar-refractivity contribution in [1.82, 2.24) is 4.98 Å². The molecule has 2 aromatic rings. The molecule has 0 spiro atoms. The van der Waals surface area contributed by atoms with E-state index in [1.165, 1.54) is 16.8 Å². The van der Waals surface area contributed by atoms with Crippen molar-refractivity contribution < 1.29 is 4.57 Å². The maximum absolute atomic E-state index is 4.25. The molecule has 0 saturated heterocycles. The van der Waals surface area contributed by atoms with Crippen molar-refractivity contribution in [2.75, 3.05) is 11.4 Å². The highest BCUT2D eigenvalue weighted by Crippen LogP contribution is 2.29. The van der Waals surface area contributed by atoms with Crippen LogP contribution in [0.25, 0.3) is 11.3 Å². The number of aryl methyl sites for hydroxylation is 1. The summed E-state index contributed by atoms with van der Waals surface area (Å²) in [5.74, 6) is 0. The first-order valence-corrected chi connectivity index (χ1v) is 6.77. The third-order valence-electron chi connectivity index (χ3n) is 3.66. The molecule has 0 N–H and O–H groups in total. The molecule has 0 fully saturated rings. The van der Waals surface area contributed by atoms with Gasteiger partial charge < -0.3 is 4.90 Å². The molecule has 1 aromatic heterocycles. The van der Waals surface area contributed by atoms with E-state index < -0.39 is 0 Å². The number of hydrogen-bond acceptors (Lipinski definition) is 2. The number of anilines is 1. The molecule has 1 aromatic carbocycles. The first-order chi connectivity index (χ1) is 9.77. The maximum Gasteiger partial charge on any atom is 0.231 e. The topological polar surface area (TPSA) is 20.0 Å². The number of hydrogen-bond donors (Lipinski definition) is 0. The minimum Gasteiger partial charge on any atom is -0.344 e. The summed E-state index contributed by atoms with van der Waals surface area (Å²) < 4.78 is 2.10. The molecular formula is C17H18N3+. The van der Waals surface area contributed by atoms with Gasteiger partial charge in [0.15, 0.2) is 6.20 Å². The Morgan fingerprint density at radius 1 is 1.25 bits per heavy atom. The molecule has 0 amide bonds. The summed E-state index contributed by atoms with van der Waals surface area (Å²) in [5.41, 5.74) is 4.87. The molecule has 0 bridgehead atoms. The summed E-state index contributed by atoms with van der Waals surface area (Å²) in [6.07, 6.45) is 14.1. The maximum atomic E-state index is 4.25. The van der Waals surface area contributed by atoms with Gasteiger partial charge in [0, 0.05) is 18.4 Å². The fourth-order valence-electron chi connectivity index (χ4n) is 2.54. The highest BCUT2D eigenvalue weighted by Gasteiger charge is 2.16. The Balaban J connectivity index is 2.08. The highest BCUT2D eigenvalue weighted by molar-refractivity contribution is 5.71. The van der Waals surface area contributed by atoms with E-state index in [0.29, 0.717) is 0 Å². The first kappa shape index (κ1) is 12.6. The molecule has 20 heavy (non-hydrogen) atoms. The van der Waals surface area contributed by atoms with Crippen molar-refractivity contribution >= 4 is 5.69 Å². The van der Waals surface area contributed by atoms with Crippen LogP contribution in [0.15, 0.2) is 61.2 Å². The van der Waals surface area contributed by atoms with E-state index in [-0.39, 0.29) is 0 Å². The van der Waals surface area contributed by atoms with Crippen molar-refractivity contribution in [1.29, 1.82) is 0 Å². The predicted octanol–water partition coefficient (Wildman–Crippen LogP) is 2.77. The minimum absolute atomic E-state index is 0.917. The Hall–Kier alpha value is -2.42. The summed E-state index contributed by atoms with van der Waals surface area (Å²) >= 11 is 0. The van der Waals surface area contributed by atoms with Crippen LogP contribution in [0.1, 0.15) is 5.56 Å². The molecule has 0 saturated carbocycles. The number of benzene rings is 1. The second-order valence-corrected chi connectivity index (χ2v) is 4.94. The van der Waals surface area contributed by atoms with E-state index in [1.807, 2.05) is 19.4 Å². The largest absolute Gasteiger partial charge is 0.344 e. The Morgan fingerprint density at radius 3 is 2.90 bits per heavy atom. The lowest BCUT2D eigenvalue weighted by molar-refractivity contribution is -0.660. The highest BCUT2D eigenvalue weighted by atomic mass is 15.1. The predicted molar refractivity (Wildman–Crippen MR) is 81.2 cm³/mol. The van der Waals surface area contributed by atoms with Gasteiger partial charge in [-0.15, -0.1) is 0 Å². The van der Waals surface area contributed by atoms with Gasteiger partial charge in [0.25, 0.3) is 0 Å². The lowest BCUT2D eigenvalue weighted by Gasteiger charge is -2.23. The molecule has 0 radical (unpaired) electrons. The van der Waals surface area contributed by atoms with Crippen LogP contribution < -0.4 is 9.47 Å². The molecule has 3 nitrogen and oxygen atoms in total. The van der Waals surface area contributed by atoms with E-state index in [4.69, 9.17) is 0 Å². The fraction of sp³-hybridized carbons (Fsp3) is 0.176. The van der Waals surface area contributed by atoms with Crippen LogP contribution in [0.2, 0.25) is 0 Å². The normalized spacial score (nSPS) is 13.8. The molecule has 0 atom stereocenters. The van der Waals surface area contributed by atoms with Crippen molar-refractivity contribution in [2.45, 2.75) is 6.92 Å². The second-order valence-electron chi connectivity index (χ2n) is 4.94. The third kappa shape index (κ3) is 2.23. The fourth-order valence-corrected chi connectivity index (χ4v) is 2.54. The number of rotatable bonds is 2. The van der Waals surface area contributed by atoms with Gasteiger partial charge in [-0.3, -0.25) is 4.98 Å². The van der Waals surface area contributed by atoms with E-state index in [1.54, 1.807) is 6.20 Å². The van der Waals surface area contributed by atoms with Crippen molar-refractivity contribution in [3.8, 4) is 11.3 Å². The van der Waals surface area contributed by atoms with E-state index >= 15 is 0 Å². The lowest BCUT2D eigenvalue weighted by atomic mass is 10.0. The molecule has 3 heteroatoms. The lowest BCUT2D eigenvalue weighted by Crippen LogP contribution is -2.30. The van der Waals surface area contributed by atoms with Gasteiger partial charge in [-0.1, -0.05) is 18.2 Å². The van der Waals surface area contributed by atoms with Crippen LogP contribution in [-0.4, -0.2) is 11.5 Å². The van der Waals surface area contributed by atoms with Gasteiger partial charge >= 0.3 is 0 Å². The first-order valence-electron chi connectivity index (χ1n) is 6.77. The summed E-state index contributed by atoms with van der Waals surface area (Å²) in [6, 6.07) is 6.43. The second kappa shape index (κ2) is 5.29. The number of nitrogens with zero attached hydrogens (tertiary/aromatic N) is 3. The smallest absolute Gasteiger partial charge is 0.231 e. The Morgan fingerprint density at radius 2 is 2.15 bits per heavy atom. The number of allylic oxidation sites excluding steroid dienone is 2. The van der Waals surface area contributed by atoms with Crippen molar-refractivity contribution in [3.63, 3.8) is 0 Å². The van der Waals surface area contributed by atoms with Crippen LogP contribution in [0.4, 0.5) is 5.69 Å². The van der Waals surface area contributed by atoms with Gasteiger partial charge in [-0.05, 0) is 30.7 Å². The monoisotopic (exact) mass is 264 g/mol. The van der Waals surface area contributed by atoms with Gasteiger partial charge in [-0.25, -0.2) is 0 Å². The van der Waals surface area contributed by atoms with Gasteiger partial charge in [0.05, 0.1) is 18.0 Å². The van der Waals surface area contributed by atoms with Crippen LogP contribution >= 0.6 is 0 Å². The van der Waals surface area contributed by atoms with Crippen molar-refractivity contribution in [2.24, 2.45) is 7.05 Å². The standard InChI is InChI=1S/C17H18N3/c1-14-15(17-13-18-9-12-19(17)2)7-6-8-16(14)20-10-4-3-5-11-20/h3-10,12-13H,11H2,1-2H3/q+1. The molecule has 3 rings (SSSR count). The quantitative estimate of drug-likeness (QED) is 0.777. The zero-order chi connectivity index (χ0) is 13.9. The van der Waals surface area contributed by atoms with Gasteiger partial charge in [-0.2, -0.15) is 4.57 Å². The molecule has 0 unspecified atom stereocenters. The summed E-state index contributed by atoms with van der Waals surface area (Å²) in [5, 5.41) is 0. The SMILES string of the molecule is Cc1c(-c2cncc[n+]2C)cccc1N1C=CC=CC1. The van der Waals surface area contributed by atoms with Crippen LogP contribution in [-0.2, 0) is 7.05 Å². The van der Waals surface area contributed by atoms with Crippen molar-refractivity contribution in [3.05, 3.63) is 66.8 Å². The van der Waals surface area contributed by atoms with E-state index in [9.17, 15) is 0 Å².